The van der Waals surface area contributed by atoms with E-state index < -0.39 is 0 Å². The molecule has 0 bridgehead atoms. The third-order valence-electron chi connectivity index (χ3n) is 1.44. The molecule has 0 heteroatoms. The topological polar surface area (TPSA) is 0 Å². The molecule has 0 aliphatic rings. The Hall–Kier alpha value is -0.780. The van der Waals surface area contributed by atoms with Crippen LogP contribution in [0.4, 0.5) is 0 Å². The van der Waals surface area contributed by atoms with E-state index in [4.69, 9.17) is 0 Å². The number of unbranched alkanes of at least 4 members (excludes halogenated alkanes) is 1. The van der Waals surface area contributed by atoms with Crippen molar-refractivity contribution in [3.8, 4) is 0 Å². The van der Waals surface area contributed by atoms with Crippen molar-refractivity contribution in [1.82, 2.24) is 0 Å². The third kappa shape index (κ3) is 9.22. The largest absolute Gasteiger partial charge is 0.0882 e. The summed E-state index contributed by atoms with van der Waals surface area (Å²) in [7, 11) is 0. The smallest absolute Gasteiger partial charge is 0.0166 e. The summed E-state index contributed by atoms with van der Waals surface area (Å²) in [5.41, 5.74) is 0. The summed E-state index contributed by atoms with van der Waals surface area (Å²) < 4.78 is 0. The fourth-order valence-electron chi connectivity index (χ4n) is 0.791. The highest BCUT2D eigenvalue weighted by Gasteiger charge is 1.70. The lowest BCUT2D eigenvalue weighted by Gasteiger charge is -1.81. The van der Waals surface area contributed by atoms with E-state index in [9.17, 15) is 0 Å². The quantitative estimate of drug-likeness (QED) is 0.409. The van der Waals surface area contributed by atoms with Gasteiger partial charge in [0, 0.05) is 0 Å². The number of hydrogen-bond donors (Lipinski definition) is 0. The molecule has 0 saturated heterocycles. The first kappa shape index (κ1) is 11.2. The molecule has 0 nitrogen and oxygen atoms in total. The van der Waals surface area contributed by atoms with Gasteiger partial charge in [0.05, 0.1) is 0 Å². The van der Waals surface area contributed by atoms with Gasteiger partial charge >= 0.3 is 0 Å². The molecule has 0 aromatic carbocycles. The van der Waals surface area contributed by atoms with Gasteiger partial charge in [0.2, 0.25) is 0 Å². The Morgan fingerprint density at radius 3 is 2.42 bits per heavy atom. The molecule has 0 aliphatic heterocycles. The maximum absolute atomic E-state index is 3.72. The van der Waals surface area contributed by atoms with Crippen LogP contribution in [0.5, 0.6) is 0 Å². The molecule has 0 fully saturated rings. The molecule has 67 valence electrons. The SMILES string of the molecule is [CH2]CC=CCC=CC=CCCC. The second kappa shape index (κ2) is 10.2. The minimum atomic E-state index is 0.888. The molecule has 0 aromatic rings. The molecule has 1 radical (unpaired) electrons. The van der Waals surface area contributed by atoms with Crippen molar-refractivity contribution in [3.05, 3.63) is 43.4 Å². The van der Waals surface area contributed by atoms with Gasteiger partial charge in [-0.1, -0.05) is 49.8 Å². The van der Waals surface area contributed by atoms with Crippen LogP contribution in [0.1, 0.15) is 32.6 Å². The summed E-state index contributed by atoms with van der Waals surface area (Å²) >= 11 is 0. The van der Waals surface area contributed by atoms with Crippen LogP contribution in [0.25, 0.3) is 0 Å². The first-order valence-corrected chi connectivity index (χ1v) is 4.67. The predicted octanol–water partition coefficient (Wildman–Crippen LogP) is 4.07. The molecule has 0 rings (SSSR count). The maximum atomic E-state index is 3.72. The Bertz CT molecular complexity index is 149. The number of rotatable bonds is 6. The fourth-order valence-corrected chi connectivity index (χ4v) is 0.791. The third-order valence-corrected chi connectivity index (χ3v) is 1.44. The van der Waals surface area contributed by atoms with Gasteiger partial charge in [0.15, 0.2) is 0 Å². The van der Waals surface area contributed by atoms with Gasteiger partial charge in [-0.2, -0.15) is 0 Å². The zero-order chi connectivity index (χ0) is 9.07. The Kier molecular flexibility index (Phi) is 9.56. The standard InChI is InChI=1S/C12H19/c1-3-5-7-9-11-12-10-8-6-4-2/h5,7-8,10-12H,1,3-4,6,9H2,2H3. The van der Waals surface area contributed by atoms with Crippen molar-refractivity contribution < 1.29 is 0 Å². The van der Waals surface area contributed by atoms with Crippen LogP contribution in [-0.2, 0) is 0 Å². The zero-order valence-electron chi connectivity index (χ0n) is 8.00. The van der Waals surface area contributed by atoms with E-state index in [1.165, 1.54) is 12.8 Å². The molecule has 0 heterocycles. The van der Waals surface area contributed by atoms with Crippen LogP contribution in [-0.4, -0.2) is 0 Å². The van der Waals surface area contributed by atoms with Crippen LogP contribution in [0, 0.1) is 6.92 Å². The molecular weight excluding hydrogens is 144 g/mol. The molecular formula is C12H19. The highest BCUT2D eigenvalue weighted by Crippen LogP contribution is 1.91. The van der Waals surface area contributed by atoms with Crippen molar-refractivity contribution in [2.75, 3.05) is 0 Å². The monoisotopic (exact) mass is 163 g/mol. The van der Waals surface area contributed by atoms with Gasteiger partial charge in [-0.15, -0.1) is 0 Å². The second-order valence-corrected chi connectivity index (χ2v) is 2.64. The Morgan fingerprint density at radius 2 is 1.75 bits per heavy atom. The molecule has 0 unspecified atom stereocenters. The summed E-state index contributed by atoms with van der Waals surface area (Å²) in [5, 5.41) is 0. The van der Waals surface area contributed by atoms with E-state index >= 15 is 0 Å². The summed E-state index contributed by atoms with van der Waals surface area (Å²) in [6.45, 7) is 5.90. The fraction of sp³-hybridized carbons (Fsp3) is 0.417. The maximum Gasteiger partial charge on any atom is -0.0166 e. The average molecular weight is 163 g/mol. The van der Waals surface area contributed by atoms with Crippen LogP contribution < -0.4 is 0 Å². The zero-order valence-corrected chi connectivity index (χ0v) is 8.00. The Labute approximate surface area is 76.7 Å². The molecule has 0 atom stereocenters. The van der Waals surface area contributed by atoms with Gasteiger partial charge < -0.3 is 0 Å². The molecule has 0 spiro atoms. The van der Waals surface area contributed by atoms with E-state index in [1.807, 2.05) is 0 Å². The predicted molar refractivity (Wildman–Crippen MR) is 56.9 cm³/mol. The molecule has 0 N–H and O–H groups in total. The van der Waals surface area contributed by atoms with Gasteiger partial charge in [0.1, 0.15) is 0 Å². The average Bonchev–Trinajstić information content (AvgIpc) is 2.10. The van der Waals surface area contributed by atoms with Crippen LogP contribution in [0.2, 0.25) is 0 Å². The van der Waals surface area contributed by atoms with E-state index in [0.717, 1.165) is 12.8 Å². The molecule has 0 aliphatic carbocycles. The highest BCUT2D eigenvalue weighted by molar-refractivity contribution is 5.04. The minimum Gasteiger partial charge on any atom is -0.0882 e. The van der Waals surface area contributed by atoms with Crippen LogP contribution in [0.15, 0.2) is 36.5 Å². The van der Waals surface area contributed by atoms with E-state index in [-0.39, 0.29) is 0 Å². The van der Waals surface area contributed by atoms with Gasteiger partial charge in [-0.3, -0.25) is 0 Å². The Balaban J connectivity index is 3.30. The minimum absolute atomic E-state index is 0.888. The van der Waals surface area contributed by atoms with E-state index in [0.29, 0.717) is 0 Å². The lowest BCUT2D eigenvalue weighted by Crippen LogP contribution is -1.60. The lowest BCUT2D eigenvalue weighted by atomic mass is 10.3. The molecule has 0 aromatic heterocycles. The van der Waals surface area contributed by atoms with Crippen molar-refractivity contribution in [1.29, 1.82) is 0 Å². The van der Waals surface area contributed by atoms with Gasteiger partial charge in [-0.25, -0.2) is 0 Å². The highest BCUT2D eigenvalue weighted by atomic mass is 13.8. The van der Waals surface area contributed by atoms with Gasteiger partial charge in [0.25, 0.3) is 0 Å². The van der Waals surface area contributed by atoms with Crippen LogP contribution >= 0.6 is 0 Å². The van der Waals surface area contributed by atoms with Crippen molar-refractivity contribution in [2.24, 2.45) is 0 Å². The van der Waals surface area contributed by atoms with Crippen molar-refractivity contribution in [3.63, 3.8) is 0 Å². The second-order valence-electron chi connectivity index (χ2n) is 2.64. The summed E-state index contributed by atoms with van der Waals surface area (Å²) in [5.74, 6) is 0. The van der Waals surface area contributed by atoms with E-state index in [1.54, 1.807) is 0 Å². The summed E-state index contributed by atoms with van der Waals surface area (Å²) in [6, 6.07) is 0. The lowest BCUT2D eigenvalue weighted by molar-refractivity contribution is 0.959. The first-order valence-electron chi connectivity index (χ1n) is 4.67. The number of hydrogen-bond acceptors (Lipinski definition) is 0. The normalized spacial score (nSPS) is 12.5. The van der Waals surface area contributed by atoms with Crippen molar-refractivity contribution in [2.45, 2.75) is 32.6 Å². The molecule has 0 amide bonds. The van der Waals surface area contributed by atoms with Gasteiger partial charge in [-0.05, 0) is 26.2 Å². The summed E-state index contributed by atoms with van der Waals surface area (Å²) in [4.78, 5) is 0. The first-order chi connectivity index (χ1) is 5.91. The van der Waals surface area contributed by atoms with E-state index in [2.05, 4.69) is 50.3 Å². The Morgan fingerprint density at radius 1 is 1.00 bits per heavy atom. The molecule has 0 saturated carbocycles. The van der Waals surface area contributed by atoms with Crippen LogP contribution in [0.3, 0.4) is 0 Å². The molecule has 12 heavy (non-hydrogen) atoms. The van der Waals surface area contributed by atoms with Crippen molar-refractivity contribution >= 4 is 0 Å². The number of allylic oxidation sites excluding steroid dienone is 6. The summed E-state index contributed by atoms with van der Waals surface area (Å²) in [6.07, 6.45) is 17.1.